The molecule has 1 aromatic carbocycles. The van der Waals surface area contributed by atoms with E-state index in [2.05, 4.69) is 0 Å². The summed E-state index contributed by atoms with van der Waals surface area (Å²) in [5.41, 5.74) is 0.505. The van der Waals surface area contributed by atoms with Crippen LogP contribution in [0.25, 0.3) is 11.0 Å². The smallest absolute Gasteiger partial charge is 0.342 e. The highest BCUT2D eigenvalue weighted by molar-refractivity contribution is 6.04. The second-order valence-electron chi connectivity index (χ2n) is 6.14. The number of esters is 1. The van der Waals surface area contributed by atoms with Crippen LogP contribution >= 0.6 is 0 Å². The number of rotatable bonds is 4. The summed E-state index contributed by atoms with van der Waals surface area (Å²) < 4.78 is 15.8. The number of fused-ring (bicyclic) bond motifs is 1. The van der Waals surface area contributed by atoms with Crippen molar-refractivity contribution in [3.8, 4) is 5.75 Å². The Labute approximate surface area is 129 Å². The van der Waals surface area contributed by atoms with Gasteiger partial charge in [0, 0.05) is 10.8 Å². The summed E-state index contributed by atoms with van der Waals surface area (Å²) in [5.74, 6) is 0.546. The first-order valence-corrected chi connectivity index (χ1v) is 7.01. The third-order valence-electron chi connectivity index (χ3n) is 3.43. The van der Waals surface area contributed by atoms with Crippen LogP contribution in [0.5, 0.6) is 5.75 Å². The van der Waals surface area contributed by atoms with Crippen LogP contribution in [0.2, 0.25) is 0 Å². The van der Waals surface area contributed by atoms with E-state index in [0.29, 0.717) is 28.0 Å². The molecule has 0 N–H and O–H groups in total. The third kappa shape index (κ3) is 3.13. The van der Waals surface area contributed by atoms with Gasteiger partial charge in [-0.2, -0.15) is 0 Å². The maximum atomic E-state index is 11.9. The van der Waals surface area contributed by atoms with E-state index in [9.17, 15) is 9.59 Å². The highest BCUT2D eigenvalue weighted by Crippen LogP contribution is 2.29. The second kappa shape index (κ2) is 5.83. The van der Waals surface area contributed by atoms with Gasteiger partial charge in [-0.25, -0.2) is 4.79 Å². The van der Waals surface area contributed by atoms with Crippen molar-refractivity contribution >= 4 is 22.7 Å². The average Bonchev–Trinajstić information content (AvgIpc) is 2.78. The summed E-state index contributed by atoms with van der Waals surface area (Å²) in [6.07, 6.45) is 0. The lowest BCUT2D eigenvalue weighted by Crippen LogP contribution is -2.26. The van der Waals surface area contributed by atoms with E-state index in [-0.39, 0.29) is 12.4 Å². The molecule has 0 aliphatic carbocycles. The van der Waals surface area contributed by atoms with Crippen LogP contribution in [0.15, 0.2) is 22.6 Å². The minimum atomic E-state index is -0.459. The number of furan rings is 1. The minimum absolute atomic E-state index is 0.00385. The largest absolute Gasteiger partial charge is 0.486 e. The summed E-state index contributed by atoms with van der Waals surface area (Å²) in [5, 5.41) is 0.616. The number of methoxy groups -OCH3 is 1. The van der Waals surface area contributed by atoms with Gasteiger partial charge in [-0.05, 0) is 25.1 Å². The van der Waals surface area contributed by atoms with Gasteiger partial charge in [0.05, 0.1) is 7.11 Å². The van der Waals surface area contributed by atoms with E-state index < -0.39 is 11.4 Å². The normalized spacial score (nSPS) is 11.5. The Hall–Kier alpha value is -2.30. The highest BCUT2D eigenvalue weighted by atomic mass is 16.5. The fraction of sp³-hybridized carbons (Fsp3) is 0.412. The zero-order valence-corrected chi connectivity index (χ0v) is 13.5. The topological polar surface area (TPSA) is 65.7 Å². The first-order valence-electron chi connectivity index (χ1n) is 7.01. The lowest BCUT2D eigenvalue weighted by atomic mass is 9.91. The van der Waals surface area contributed by atoms with Crippen molar-refractivity contribution in [2.75, 3.05) is 13.7 Å². The van der Waals surface area contributed by atoms with Crippen LogP contribution in [0.4, 0.5) is 0 Å². The molecule has 5 nitrogen and oxygen atoms in total. The molecular formula is C17H20O5. The van der Waals surface area contributed by atoms with Crippen LogP contribution in [0.1, 0.15) is 36.9 Å². The van der Waals surface area contributed by atoms with Gasteiger partial charge in [-0.1, -0.05) is 20.8 Å². The number of ketones is 1. The van der Waals surface area contributed by atoms with Crippen molar-refractivity contribution in [2.24, 2.45) is 5.41 Å². The number of hydrogen-bond acceptors (Lipinski definition) is 5. The standard InChI is InChI=1S/C17H20O5/c1-10-15(16(19)20-5)12-8-11(6-7-13(12)22-10)21-9-14(18)17(2,3)4/h6-8H,9H2,1-5H3. The molecule has 2 aromatic rings. The van der Waals surface area contributed by atoms with Crippen molar-refractivity contribution in [1.82, 2.24) is 0 Å². The number of carbonyl (C=O) groups is 2. The number of benzene rings is 1. The summed E-state index contributed by atoms with van der Waals surface area (Å²) in [6, 6.07) is 5.11. The molecule has 22 heavy (non-hydrogen) atoms. The zero-order valence-electron chi connectivity index (χ0n) is 13.5. The van der Waals surface area contributed by atoms with Crippen LogP contribution < -0.4 is 4.74 Å². The molecule has 118 valence electrons. The first kappa shape index (κ1) is 16.1. The lowest BCUT2D eigenvalue weighted by molar-refractivity contribution is -0.128. The fourth-order valence-electron chi connectivity index (χ4n) is 2.01. The molecular weight excluding hydrogens is 284 g/mol. The van der Waals surface area contributed by atoms with E-state index in [0.717, 1.165) is 0 Å². The molecule has 0 fully saturated rings. The van der Waals surface area contributed by atoms with Gasteiger partial charge in [-0.15, -0.1) is 0 Å². The van der Waals surface area contributed by atoms with E-state index in [1.54, 1.807) is 25.1 Å². The van der Waals surface area contributed by atoms with Gasteiger partial charge in [0.15, 0.2) is 5.78 Å². The molecule has 0 bridgehead atoms. The van der Waals surface area contributed by atoms with E-state index >= 15 is 0 Å². The predicted octanol–water partition coefficient (Wildman–Crippen LogP) is 3.52. The number of ether oxygens (including phenoxy) is 2. The van der Waals surface area contributed by atoms with Gasteiger partial charge in [0.1, 0.15) is 29.3 Å². The number of Topliss-reactive ketones (excluding diaryl/α,β-unsaturated/α-hetero) is 1. The fourth-order valence-corrected chi connectivity index (χ4v) is 2.01. The molecule has 0 aliphatic heterocycles. The maximum Gasteiger partial charge on any atom is 0.342 e. The Kier molecular flexibility index (Phi) is 4.26. The minimum Gasteiger partial charge on any atom is -0.486 e. The van der Waals surface area contributed by atoms with E-state index in [1.165, 1.54) is 7.11 Å². The Morgan fingerprint density at radius 2 is 1.91 bits per heavy atom. The molecule has 0 saturated carbocycles. The SMILES string of the molecule is COC(=O)c1c(C)oc2ccc(OCC(=O)C(C)(C)C)cc12. The number of aryl methyl sites for hydroxylation is 1. The highest BCUT2D eigenvalue weighted by Gasteiger charge is 2.22. The van der Waals surface area contributed by atoms with Crippen LogP contribution in [0, 0.1) is 12.3 Å². The van der Waals surface area contributed by atoms with E-state index in [1.807, 2.05) is 20.8 Å². The van der Waals surface area contributed by atoms with Crippen molar-refractivity contribution < 1.29 is 23.5 Å². The van der Waals surface area contributed by atoms with Gasteiger partial charge < -0.3 is 13.9 Å². The molecule has 0 amide bonds. The van der Waals surface area contributed by atoms with Gasteiger partial charge in [0.25, 0.3) is 0 Å². The van der Waals surface area contributed by atoms with Crippen LogP contribution in [-0.2, 0) is 9.53 Å². The second-order valence-corrected chi connectivity index (χ2v) is 6.14. The number of hydrogen-bond donors (Lipinski definition) is 0. The monoisotopic (exact) mass is 304 g/mol. The van der Waals surface area contributed by atoms with Crippen LogP contribution in [0.3, 0.4) is 0 Å². The Morgan fingerprint density at radius 3 is 2.50 bits per heavy atom. The van der Waals surface area contributed by atoms with Crippen molar-refractivity contribution in [1.29, 1.82) is 0 Å². The summed E-state index contributed by atoms with van der Waals surface area (Å²) in [4.78, 5) is 23.8. The Bertz CT molecular complexity index is 718. The zero-order chi connectivity index (χ0) is 16.5. The van der Waals surface area contributed by atoms with Gasteiger partial charge in [-0.3, -0.25) is 4.79 Å². The van der Waals surface area contributed by atoms with E-state index in [4.69, 9.17) is 13.9 Å². The number of carbonyl (C=O) groups excluding carboxylic acids is 2. The first-order chi connectivity index (χ1) is 10.2. The van der Waals surface area contributed by atoms with Crippen molar-refractivity contribution in [3.63, 3.8) is 0 Å². The molecule has 0 saturated heterocycles. The summed E-state index contributed by atoms with van der Waals surface area (Å²) in [7, 11) is 1.32. The molecule has 0 unspecified atom stereocenters. The molecule has 1 heterocycles. The maximum absolute atomic E-state index is 11.9. The predicted molar refractivity (Wildman–Crippen MR) is 82.2 cm³/mol. The third-order valence-corrected chi connectivity index (χ3v) is 3.43. The molecule has 0 spiro atoms. The Morgan fingerprint density at radius 1 is 1.23 bits per heavy atom. The van der Waals surface area contributed by atoms with Gasteiger partial charge >= 0.3 is 5.97 Å². The molecule has 5 heteroatoms. The quantitative estimate of drug-likeness (QED) is 0.808. The molecule has 0 aliphatic rings. The van der Waals surface area contributed by atoms with Crippen molar-refractivity contribution in [2.45, 2.75) is 27.7 Å². The molecule has 1 aromatic heterocycles. The van der Waals surface area contributed by atoms with Gasteiger partial charge in [0.2, 0.25) is 0 Å². The van der Waals surface area contributed by atoms with Crippen molar-refractivity contribution in [3.05, 3.63) is 29.5 Å². The molecule has 0 atom stereocenters. The average molecular weight is 304 g/mol. The Balaban J connectivity index is 2.30. The molecule has 0 radical (unpaired) electrons. The summed E-state index contributed by atoms with van der Waals surface area (Å²) >= 11 is 0. The lowest BCUT2D eigenvalue weighted by Gasteiger charge is -2.16. The summed E-state index contributed by atoms with van der Waals surface area (Å²) in [6.45, 7) is 7.22. The van der Waals surface area contributed by atoms with Crippen LogP contribution in [-0.4, -0.2) is 25.5 Å². The molecule has 2 rings (SSSR count).